The molecular weight excluding hydrogens is 204 g/mol. The minimum atomic E-state index is -0.493. The predicted octanol–water partition coefficient (Wildman–Crippen LogP) is 0.844. The number of rotatable bonds is 1. The number of anilines is 1. The first-order valence-corrected chi connectivity index (χ1v) is 4.56. The summed E-state index contributed by atoms with van der Waals surface area (Å²) < 4.78 is 0. The van der Waals surface area contributed by atoms with Crippen LogP contribution in [0.4, 0.5) is 5.82 Å². The van der Waals surface area contributed by atoms with Crippen LogP contribution >= 0.6 is 0 Å². The molecule has 0 aromatic carbocycles. The van der Waals surface area contributed by atoms with Gasteiger partial charge >= 0.3 is 0 Å². The summed E-state index contributed by atoms with van der Waals surface area (Å²) in [6.07, 6.45) is 4.84. The van der Waals surface area contributed by atoms with Crippen LogP contribution < -0.4 is 11.5 Å². The molecule has 5 nitrogen and oxygen atoms in total. The lowest BCUT2D eigenvalue weighted by atomic mass is 10.3. The third-order valence-corrected chi connectivity index (χ3v) is 1.64. The maximum atomic E-state index is 10.5. The minimum absolute atomic E-state index is 0.370. The Bertz CT molecular complexity index is 401. The molecule has 0 saturated heterocycles. The number of nitrogen functional groups attached to an aromatic ring is 1. The van der Waals surface area contributed by atoms with Crippen LogP contribution in [0.5, 0.6) is 0 Å². The topological polar surface area (TPSA) is 94.9 Å². The summed E-state index contributed by atoms with van der Waals surface area (Å²) in [6.45, 7) is 0. The maximum absolute atomic E-state index is 10.5. The van der Waals surface area contributed by atoms with E-state index >= 15 is 0 Å². The molecule has 1 amide bonds. The molecule has 0 aliphatic rings. The molecule has 0 aliphatic heterocycles. The van der Waals surface area contributed by atoms with Crippen molar-refractivity contribution in [3.8, 4) is 0 Å². The maximum Gasteiger partial charge on any atom is 0.250 e. The van der Waals surface area contributed by atoms with E-state index in [1.807, 2.05) is 18.2 Å². The fourth-order valence-corrected chi connectivity index (χ4v) is 0.864. The number of carbonyl (C=O) groups excluding carboxylic acids is 1. The van der Waals surface area contributed by atoms with E-state index in [2.05, 4.69) is 9.97 Å². The summed E-state index contributed by atoms with van der Waals surface area (Å²) in [5.74, 6) is -0.113. The van der Waals surface area contributed by atoms with Gasteiger partial charge < -0.3 is 11.5 Å². The van der Waals surface area contributed by atoms with Gasteiger partial charge in [-0.3, -0.25) is 9.78 Å². The molecule has 0 bridgehead atoms. The Labute approximate surface area is 93.1 Å². The summed E-state index contributed by atoms with van der Waals surface area (Å²) in [6, 6.07) is 8.78. The van der Waals surface area contributed by atoms with Gasteiger partial charge in [0, 0.05) is 18.6 Å². The van der Waals surface area contributed by atoms with Gasteiger partial charge in [-0.05, 0) is 24.3 Å². The molecule has 82 valence electrons. The second-order valence-corrected chi connectivity index (χ2v) is 2.86. The van der Waals surface area contributed by atoms with Gasteiger partial charge in [-0.1, -0.05) is 6.07 Å². The van der Waals surface area contributed by atoms with Gasteiger partial charge in [-0.2, -0.15) is 0 Å². The average Bonchev–Trinajstić information content (AvgIpc) is 2.32. The first-order valence-electron chi connectivity index (χ1n) is 4.56. The summed E-state index contributed by atoms with van der Waals surface area (Å²) in [7, 11) is 0. The Morgan fingerprint density at radius 1 is 1.12 bits per heavy atom. The van der Waals surface area contributed by atoms with Crippen LogP contribution in [0.1, 0.15) is 10.4 Å². The van der Waals surface area contributed by atoms with Crippen molar-refractivity contribution >= 4 is 11.7 Å². The molecule has 0 atom stereocenters. The van der Waals surface area contributed by atoms with Crippen molar-refractivity contribution in [2.75, 3.05) is 5.73 Å². The van der Waals surface area contributed by atoms with Crippen molar-refractivity contribution in [2.45, 2.75) is 0 Å². The third kappa shape index (κ3) is 4.19. The normalized spacial score (nSPS) is 8.75. The Morgan fingerprint density at radius 3 is 2.12 bits per heavy atom. The zero-order valence-corrected chi connectivity index (χ0v) is 8.58. The molecule has 0 saturated carbocycles. The summed E-state index contributed by atoms with van der Waals surface area (Å²) in [5, 5.41) is 0. The molecule has 0 unspecified atom stereocenters. The van der Waals surface area contributed by atoms with Crippen LogP contribution in [0.25, 0.3) is 0 Å². The van der Waals surface area contributed by atoms with Crippen molar-refractivity contribution in [1.29, 1.82) is 0 Å². The van der Waals surface area contributed by atoms with Crippen molar-refractivity contribution in [2.24, 2.45) is 5.73 Å². The zero-order valence-electron chi connectivity index (χ0n) is 8.58. The van der Waals surface area contributed by atoms with E-state index in [0.717, 1.165) is 0 Å². The number of pyridine rings is 2. The molecule has 5 heteroatoms. The number of carbonyl (C=O) groups is 1. The lowest BCUT2D eigenvalue weighted by molar-refractivity contribution is 0.1000. The monoisotopic (exact) mass is 216 g/mol. The smallest absolute Gasteiger partial charge is 0.250 e. The molecule has 2 aromatic rings. The Kier molecular flexibility index (Phi) is 4.46. The highest BCUT2D eigenvalue weighted by atomic mass is 16.1. The second kappa shape index (κ2) is 6.13. The average molecular weight is 216 g/mol. The van der Waals surface area contributed by atoms with E-state index in [0.29, 0.717) is 11.4 Å². The summed E-state index contributed by atoms with van der Waals surface area (Å²) in [4.78, 5) is 17.9. The Hall–Kier alpha value is -2.43. The van der Waals surface area contributed by atoms with E-state index in [1.165, 1.54) is 18.3 Å². The lowest BCUT2D eigenvalue weighted by Gasteiger charge is -1.93. The largest absolute Gasteiger partial charge is 0.384 e. The number of amides is 1. The van der Waals surface area contributed by atoms with Crippen molar-refractivity contribution in [3.05, 3.63) is 54.5 Å². The SMILES string of the molecule is NC(=O)c1ccc(N)nc1.c1ccncc1. The van der Waals surface area contributed by atoms with Gasteiger partial charge in [0.15, 0.2) is 0 Å². The number of hydrogen-bond donors (Lipinski definition) is 2. The highest BCUT2D eigenvalue weighted by Gasteiger charge is 1.97. The fraction of sp³-hybridized carbons (Fsp3) is 0. The predicted molar refractivity (Wildman–Crippen MR) is 61.4 cm³/mol. The Balaban J connectivity index is 0.000000181. The van der Waals surface area contributed by atoms with Gasteiger partial charge in [0.25, 0.3) is 0 Å². The van der Waals surface area contributed by atoms with Crippen molar-refractivity contribution < 1.29 is 4.79 Å². The first kappa shape index (κ1) is 11.6. The van der Waals surface area contributed by atoms with Crippen LogP contribution in [0.2, 0.25) is 0 Å². The quantitative estimate of drug-likeness (QED) is 0.738. The molecule has 2 aromatic heterocycles. The molecule has 2 rings (SSSR count). The van der Waals surface area contributed by atoms with E-state index in [9.17, 15) is 4.79 Å². The second-order valence-electron chi connectivity index (χ2n) is 2.86. The standard InChI is InChI=1S/C6H7N3O.C5H5N/c7-5-2-1-4(3-9-5)6(8)10;1-2-4-6-5-3-1/h1-3H,(H2,7,9)(H2,8,10);1-5H. The third-order valence-electron chi connectivity index (χ3n) is 1.64. The number of primary amides is 1. The number of hydrogen-bond acceptors (Lipinski definition) is 4. The highest BCUT2D eigenvalue weighted by Crippen LogP contribution is 1.98. The zero-order chi connectivity index (χ0) is 11.8. The fourth-order valence-electron chi connectivity index (χ4n) is 0.864. The lowest BCUT2D eigenvalue weighted by Crippen LogP contribution is -2.11. The van der Waals surface area contributed by atoms with E-state index < -0.39 is 5.91 Å². The van der Waals surface area contributed by atoms with E-state index in [-0.39, 0.29) is 0 Å². The molecule has 0 radical (unpaired) electrons. The highest BCUT2D eigenvalue weighted by molar-refractivity contribution is 5.92. The molecule has 0 aliphatic carbocycles. The molecule has 0 spiro atoms. The van der Waals surface area contributed by atoms with Gasteiger partial charge in [0.1, 0.15) is 5.82 Å². The minimum Gasteiger partial charge on any atom is -0.384 e. The van der Waals surface area contributed by atoms with Crippen LogP contribution in [-0.4, -0.2) is 15.9 Å². The number of nitrogens with zero attached hydrogens (tertiary/aromatic N) is 2. The van der Waals surface area contributed by atoms with E-state index in [1.54, 1.807) is 12.4 Å². The Morgan fingerprint density at radius 2 is 1.81 bits per heavy atom. The molecule has 4 N–H and O–H groups in total. The van der Waals surface area contributed by atoms with Gasteiger partial charge in [0.2, 0.25) is 5.91 Å². The van der Waals surface area contributed by atoms with Gasteiger partial charge in [-0.15, -0.1) is 0 Å². The number of nitrogens with two attached hydrogens (primary N) is 2. The van der Waals surface area contributed by atoms with Gasteiger partial charge in [-0.25, -0.2) is 4.98 Å². The van der Waals surface area contributed by atoms with Crippen LogP contribution in [0, 0.1) is 0 Å². The molecule has 0 fully saturated rings. The summed E-state index contributed by atoms with van der Waals surface area (Å²) in [5.41, 5.74) is 10.6. The molecule has 16 heavy (non-hydrogen) atoms. The number of aromatic nitrogens is 2. The molecular formula is C11H12N4O. The summed E-state index contributed by atoms with van der Waals surface area (Å²) >= 11 is 0. The van der Waals surface area contributed by atoms with Crippen LogP contribution in [-0.2, 0) is 0 Å². The van der Waals surface area contributed by atoms with Gasteiger partial charge in [0.05, 0.1) is 5.56 Å². The molecule has 2 heterocycles. The van der Waals surface area contributed by atoms with Crippen LogP contribution in [0.15, 0.2) is 48.9 Å². The van der Waals surface area contributed by atoms with Crippen molar-refractivity contribution in [1.82, 2.24) is 9.97 Å². The van der Waals surface area contributed by atoms with E-state index in [4.69, 9.17) is 11.5 Å². The van der Waals surface area contributed by atoms with Crippen LogP contribution in [0.3, 0.4) is 0 Å². The first-order chi connectivity index (χ1) is 7.70. The van der Waals surface area contributed by atoms with Crippen molar-refractivity contribution in [3.63, 3.8) is 0 Å².